The predicted molar refractivity (Wildman–Crippen MR) is 188 cm³/mol. The molecule has 2 aromatic rings. The Morgan fingerprint density at radius 2 is 1.70 bits per heavy atom. The highest BCUT2D eigenvalue weighted by Crippen LogP contribution is 2.22. The van der Waals surface area contributed by atoms with Crippen LogP contribution >= 0.6 is 11.3 Å². The van der Waals surface area contributed by atoms with Crippen LogP contribution in [0.15, 0.2) is 47.0 Å². The number of thiazole rings is 1. The topological polar surface area (TPSA) is 132 Å². The van der Waals surface area contributed by atoms with E-state index >= 15 is 0 Å². The number of carboxylic acid groups (broad SMARTS) is 1. The normalized spacial score (nSPS) is 13.0. The molecule has 3 atom stereocenters. The molecule has 1 aromatic heterocycles. The summed E-state index contributed by atoms with van der Waals surface area (Å²) in [7, 11) is 3.69. The van der Waals surface area contributed by atoms with Crippen molar-refractivity contribution in [3.63, 3.8) is 0 Å². The summed E-state index contributed by atoms with van der Waals surface area (Å²) >= 11 is 1.38. The first-order valence-electron chi connectivity index (χ1n) is 16.8. The molecule has 0 aliphatic heterocycles. The maximum atomic E-state index is 13.8. The Hall–Kier alpha value is -3.57. The maximum absolute atomic E-state index is 13.8. The molecule has 0 saturated heterocycles. The second-order valence-corrected chi connectivity index (χ2v) is 13.6. The van der Waals surface area contributed by atoms with Gasteiger partial charge in [0.15, 0.2) is 0 Å². The number of rotatable bonds is 21. The van der Waals surface area contributed by atoms with Crippen molar-refractivity contribution in [2.75, 3.05) is 27.2 Å². The van der Waals surface area contributed by atoms with E-state index in [4.69, 9.17) is 0 Å². The molecule has 0 aliphatic carbocycles. The number of nitrogens with one attached hydrogen (secondary N) is 2. The van der Waals surface area contributed by atoms with Crippen molar-refractivity contribution >= 4 is 35.0 Å². The summed E-state index contributed by atoms with van der Waals surface area (Å²) in [5.41, 5.74) is 3.15. The number of carboxylic acids is 1. The number of nitrogens with zero attached hydrogens (tertiary/aromatic N) is 3. The number of allylic oxidation sites excluding steroid dienone is 2. The lowest BCUT2D eigenvalue weighted by molar-refractivity contribution is -0.137. The average molecular weight is 670 g/mol. The van der Waals surface area contributed by atoms with Gasteiger partial charge in [-0.05, 0) is 64.6 Å². The van der Waals surface area contributed by atoms with Gasteiger partial charge in [0.25, 0.3) is 5.91 Å². The van der Waals surface area contributed by atoms with Crippen molar-refractivity contribution in [2.45, 2.75) is 104 Å². The van der Waals surface area contributed by atoms with Gasteiger partial charge in [0.1, 0.15) is 11.7 Å². The van der Waals surface area contributed by atoms with Crippen LogP contribution in [0, 0.1) is 5.92 Å². The number of benzene rings is 1. The summed E-state index contributed by atoms with van der Waals surface area (Å²) in [6, 6.07) is 8.67. The second kappa shape index (κ2) is 20.6. The van der Waals surface area contributed by atoms with Gasteiger partial charge in [-0.1, -0.05) is 75.9 Å². The van der Waals surface area contributed by atoms with Gasteiger partial charge in [-0.25, -0.2) is 4.98 Å². The first-order valence-corrected chi connectivity index (χ1v) is 17.7. The van der Waals surface area contributed by atoms with E-state index in [1.165, 1.54) is 11.3 Å². The van der Waals surface area contributed by atoms with Crippen LogP contribution < -0.4 is 10.6 Å². The highest BCUT2D eigenvalue weighted by Gasteiger charge is 2.30. The van der Waals surface area contributed by atoms with Gasteiger partial charge in [-0.2, -0.15) is 0 Å². The van der Waals surface area contributed by atoms with Crippen LogP contribution in [0.1, 0.15) is 101 Å². The monoisotopic (exact) mass is 669 g/mol. The minimum Gasteiger partial charge on any atom is -0.481 e. The predicted octanol–water partition coefficient (Wildman–Crippen LogP) is 5.69. The summed E-state index contributed by atoms with van der Waals surface area (Å²) in [5, 5.41) is 17.7. The number of likely N-dealkylation sites (N-methyl/N-ethyl adjacent to an activating group) is 2. The zero-order valence-corrected chi connectivity index (χ0v) is 30.1. The zero-order valence-electron chi connectivity index (χ0n) is 29.3. The van der Waals surface area contributed by atoms with Gasteiger partial charge in [-0.15, -0.1) is 11.3 Å². The Balaban J connectivity index is 2.06. The SMILES string of the molecule is CCCCCN(C)CC(=O)N[C@H](C(=O)N(C)C(CCc1nc(C(=O)N[C@H](CCC(=O)O)Cc2ccccc2)cs1)=C(C)C)[C@@H](C)CC. The van der Waals surface area contributed by atoms with E-state index in [-0.39, 0.29) is 42.6 Å². The first-order chi connectivity index (χ1) is 22.4. The minimum absolute atomic E-state index is 0.0426. The molecule has 0 saturated carbocycles. The average Bonchev–Trinajstić information content (AvgIpc) is 3.51. The molecule has 0 aliphatic rings. The van der Waals surface area contributed by atoms with Gasteiger partial charge in [0.2, 0.25) is 11.8 Å². The quantitative estimate of drug-likeness (QED) is 0.146. The summed E-state index contributed by atoms with van der Waals surface area (Å²) in [5.74, 6) is -1.59. The molecule has 1 aromatic carbocycles. The molecular formula is C36H55N5O5S. The summed E-state index contributed by atoms with van der Waals surface area (Å²) in [4.78, 5) is 59.3. The Bertz CT molecular complexity index is 1320. The van der Waals surface area contributed by atoms with E-state index in [9.17, 15) is 24.3 Å². The van der Waals surface area contributed by atoms with Crippen molar-refractivity contribution in [1.82, 2.24) is 25.4 Å². The third-order valence-electron chi connectivity index (χ3n) is 8.39. The van der Waals surface area contributed by atoms with Crippen LogP contribution in [0.25, 0.3) is 0 Å². The number of unbranched alkanes of at least 4 members (excludes halogenated alkanes) is 2. The van der Waals surface area contributed by atoms with Crippen molar-refractivity contribution < 1.29 is 24.3 Å². The third kappa shape index (κ3) is 14.0. The highest BCUT2D eigenvalue weighted by atomic mass is 32.1. The van der Waals surface area contributed by atoms with Gasteiger partial charge in [0.05, 0.1) is 11.6 Å². The molecule has 0 bridgehead atoms. The van der Waals surface area contributed by atoms with Crippen LogP contribution in [0.4, 0.5) is 0 Å². The second-order valence-electron chi connectivity index (χ2n) is 12.6. The fraction of sp³-hybridized carbons (Fsp3) is 0.583. The molecular weight excluding hydrogens is 614 g/mol. The van der Waals surface area contributed by atoms with Crippen LogP contribution in [0.5, 0.6) is 0 Å². The molecule has 0 spiro atoms. The van der Waals surface area contributed by atoms with E-state index in [1.807, 2.05) is 70.0 Å². The van der Waals surface area contributed by atoms with Gasteiger partial charge >= 0.3 is 5.97 Å². The molecule has 260 valence electrons. The Kier molecular flexibility index (Phi) is 17.4. The summed E-state index contributed by atoms with van der Waals surface area (Å²) in [6.45, 7) is 11.2. The molecule has 11 heteroatoms. The first kappa shape index (κ1) is 39.6. The molecule has 2 rings (SSSR count). The van der Waals surface area contributed by atoms with Crippen LogP contribution in [-0.2, 0) is 27.2 Å². The molecule has 0 unspecified atom stereocenters. The van der Waals surface area contributed by atoms with Crippen LogP contribution in [0.3, 0.4) is 0 Å². The molecule has 10 nitrogen and oxygen atoms in total. The molecule has 0 fully saturated rings. The molecule has 3 amide bonds. The zero-order chi connectivity index (χ0) is 34.9. The smallest absolute Gasteiger partial charge is 0.303 e. The van der Waals surface area contributed by atoms with E-state index in [0.29, 0.717) is 31.4 Å². The number of hydrogen-bond donors (Lipinski definition) is 3. The van der Waals surface area contributed by atoms with Crippen molar-refractivity contribution in [3.8, 4) is 0 Å². The van der Waals surface area contributed by atoms with Gasteiger partial charge in [-0.3, -0.25) is 24.1 Å². The lowest BCUT2D eigenvalue weighted by Crippen LogP contribution is -2.52. The number of hydrogen-bond acceptors (Lipinski definition) is 7. The Morgan fingerprint density at radius 3 is 2.32 bits per heavy atom. The molecule has 1 heterocycles. The largest absolute Gasteiger partial charge is 0.481 e. The highest BCUT2D eigenvalue weighted by molar-refractivity contribution is 7.09. The summed E-state index contributed by atoms with van der Waals surface area (Å²) in [6.07, 6.45) is 5.88. The van der Waals surface area contributed by atoms with Crippen molar-refractivity contribution in [1.29, 1.82) is 0 Å². The third-order valence-corrected chi connectivity index (χ3v) is 9.30. The lowest BCUT2D eigenvalue weighted by atomic mass is 9.97. The van der Waals surface area contributed by atoms with E-state index < -0.39 is 12.0 Å². The number of aromatic nitrogens is 1. The standard InChI is InChI=1S/C36H55N5O5S/c1-8-10-14-21-40(6)23-31(42)39-34(26(5)9-2)36(46)41(7)30(25(3)4)18-19-32-38-29(24-47-32)35(45)37-28(17-20-33(43)44)22-27-15-12-11-13-16-27/h11-13,15-16,24,26,28,34H,8-10,14,17-23H2,1-7H3,(H,37,45)(H,39,42)(H,43,44)/t26-,28+,34-/m0/s1. The van der Waals surface area contributed by atoms with E-state index in [0.717, 1.165) is 54.1 Å². The van der Waals surface area contributed by atoms with Gasteiger partial charge < -0.3 is 20.6 Å². The van der Waals surface area contributed by atoms with Crippen LogP contribution in [-0.4, -0.2) is 82.8 Å². The molecule has 47 heavy (non-hydrogen) atoms. The Morgan fingerprint density at radius 1 is 1.00 bits per heavy atom. The minimum atomic E-state index is -0.907. The number of aryl methyl sites for hydroxylation is 1. The maximum Gasteiger partial charge on any atom is 0.303 e. The number of aliphatic carboxylic acids is 1. The number of carbonyl (C=O) groups is 4. The van der Waals surface area contributed by atoms with Gasteiger partial charge in [0, 0.05) is 37.0 Å². The van der Waals surface area contributed by atoms with E-state index in [2.05, 4.69) is 22.5 Å². The fourth-order valence-electron chi connectivity index (χ4n) is 5.39. The molecule has 3 N–H and O–H groups in total. The van der Waals surface area contributed by atoms with Crippen molar-refractivity contribution in [2.24, 2.45) is 5.92 Å². The van der Waals surface area contributed by atoms with E-state index in [1.54, 1.807) is 17.3 Å². The summed E-state index contributed by atoms with van der Waals surface area (Å²) < 4.78 is 0. The molecule has 0 radical (unpaired) electrons. The number of amides is 3. The number of carbonyl (C=O) groups excluding carboxylic acids is 3. The fourth-order valence-corrected chi connectivity index (χ4v) is 6.17. The van der Waals surface area contributed by atoms with Crippen LogP contribution in [0.2, 0.25) is 0 Å². The van der Waals surface area contributed by atoms with Crippen molar-refractivity contribution in [3.05, 3.63) is 63.2 Å². The Labute approximate surface area is 285 Å². The lowest BCUT2D eigenvalue weighted by Gasteiger charge is -2.31.